The Balaban J connectivity index is 1.76. The van der Waals surface area contributed by atoms with Crippen molar-refractivity contribution in [3.63, 3.8) is 0 Å². The molecule has 2 heterocycles. The summed E-state index contributed by atoms with van der Waals surface area (Å²) in [5, 5.41) is 13.2. The highest BCUT2D eigenvalue weighted by atomic mass is 16.5. The number of nitrogens with zero attached hydrogens (tertiary/aromatic N) is 3. The fourth-order valence-electron chi connectivity index (χ4n) is 3.00. The van der Waals surface area contributed by atoms with Gasteiger partial charge >= 0.3 is 5.97 Å². The van der Waals surface area contributed by atoms with Crippen LogP contribution in [0.3, 0.4) is 0 Å². The lowest BCUT2D eigenvalue weighted by atomic mass is 10.1. The van der Waals surface area contributed by atoms with E-state index in [-0.39, 0.29) is 17.4 Å². The number of hydrogen-bond acceptors (Lipinski definition) is 6. The third kappa shape index (κ3) is 2.10. The Morgan fingerprint density at radius 2 is 2.25 bits per heavy atom. The van der Waals surface area contributed by atoms with Gasteiger partial charge in [-0.2, -0.15) is 4.98 Å². The number of carboxylic acid groups (broad SMARTS) is 1. The quantitative estimate of drug-likeness (QED) is 0.880. The van der Waals surface area contributed by atoms with Crippen LogP contribution in [0.15, 0.2) is 4.52 Å². The molecule has 0 aromatic carbocycles. The van der Waals surface area contributed by atoms with Gasteiger partial charge in [0.25, 0.3) is 0 Å². The summed E-state index contributed by atoms with van der Waals surface area (Å²) < 4.78 is 10.9. The van der Waals surface area contributed by atoms with Crippen molar-refractivity contribution in [2.75, 3.05) is 26.7 Å². The minimum Gasteiger partial charge on any atom is -0.481 e. The lowest BCUT2D eigenvalue weighted by molar-refractivity contribution is -0.139. The largest absolute Gasteiger partial charge is 0.481 e. The van der Waals surface area contributed by atoms with Gasteiger partial charge < -0.3 is 19.3 Å². The van der Waals surface area contributed by atoms with Gasteiger partial charge in [-0.15, -0.1) is 0 Å². The SMILES string of the molecule is CN1CCOC(c2noc(C3C(C(=O)O)C3(C)C)n2)C1. The molecule has 0 bridgehead atoms. The summed E-state index contributed by atoms with van der Waals surface area (Å²) in [6.45, 7) is 6.06. The number of hydrogen-bond donors (Lipinski definition) is 1. The first kappa shape index (κ1) is 13.5. The average Bonchev–Trinajstić information content (AvgIpc) is 2.73. The first-order valence-corrected chi connectivity index (χ1v) is 6.77. The van der Waals surface area contributed by atoms with Gasteiger partial charge in [0.15, 0.2) is 0 Å². The molecule has 1 saturated carbocycles. The molecule has 0 amide bonds. The Kier molecular flexibility index (Phi) is 3.06. The maximum atomic E-state index is 11.2. The van der Waals surface area contributed by atoms with Gasteiger partial charge in [0.1, 0.15) is 6.10 Å². The van der Waals surface area contributed by atoms with Gasteiger partial charge in [-0.1, -0.05) is 19.0 Å². The van der Waals surface area contributed by atoms with Crippen molar-refractivity contribution in [3.05, 3.63) is 11.7 Å². The molecule has 7 heteroatoms. The predicted octanol–water partition coefficient (Wildman–Crippen LogP) is 0.897. The lowest BCUT2D eigenvalue weighted by Crippen LogP contribution is -2.35. The van der Waals surface area contributed by atoms with E-state index < -0.39 is 11.9 Å². The highest BCUT2D eigenvalue weighted by Crippen LogP contribution is 2.64. The fourth-order valence-corrected chi connectivity index (χ4v) is 3.00. The van der Waals surface area contributed by atoms with Crippen LogP contribution in [-0.4, -0.2) is 52.9 Å². The van der Waals surface area contributed by atoms with Crippen molar-refractivity contribution in [3.8, 4) is 0 Å². The van der Waals surface area contributed by atoms with Gasteiger partial charge in [-0.25, -0.2) is 0 Å². The lowest BCUT2D eigenvalue weighted by Gasteiger charge is -2.27. The van der Waals surface area contributed by atoms with Crippen molar-refractivity contribution in [2.24, 2.45) is 11.3 Å². The van der Waals surface area contributed by atoms with Crippen LogP contribution in [0.1, 0.15) is 37.6 Å². The second-order valence-electron chi connectivity index (χ2n) is 6.23. The summed E-state index contributed by atoms with van der Waals surface area (Å²) in [6.07, 6.45) is -0.198. The van der Waals surface area contributed by atoms with Crippen molar-refractivity contribution >= 4 is 5.97 Å². The zero-order chi connectivity index (χ0) is 14.5. The molecular formula is C13H19N3O4. The van der Waals surface area contributed by atoms with Crippen molar-refractivity contribution in [1.29, 1.82) is 0 Å². The Morgan fingerprint density at radius 1 is 1.50 bits per heavy atom. The Labute approximate surface area is 116 Å². The van der Waals surface area contributed by atoms with Gasteiger partial charge in [0.2, 0.25) is 11.7 Å². The number of aliphatic carboxylic acids is 1. The van der Waals surface area contributed by atoms with E-state index in [1.165, 1.54) is 0 Å². The highest BCUT2D eigenvalue weighted by Gasteiger charge is 2.65. The first-order chi connectivity index (χ1) is 9.41. The highest BCUT2D eigenvalue weighted by molar-refractivity contribution is 5.77. The Morgan fingerprint density at radius 3 is 2.85 bits per heavy atom. The average molecular weight is 281 g/mol. The first-order valence-electron chi connectivity index (χ1n) is 6.77. The van der Waals surface area contributed by atoms with Crippen LogP contribution in [0.2, 0.25) is 0 Å². The van der Waals surface area contributed by atoms with Crippen LogP contribution < -0.4 is 0 Å². The monoisotopic (exact) mass is 281 g/mol. The topological polar surface area (TPSA) is 88.7 Å². The number of aromatic nitrogens is 2. The van der Waals surface area contributed by atoms with Gasteiger partial charge in [0.05, 0.1) is 18.4 Å². The molecule has 0 radical (unpaired) electrons. The Hall–Kier alpha value is -1.47. The smallest absolute Gasteiger partial charge is 0.307 e. The normalized spacial score (nSPS) is 33.0. The summed E-state index contributed by atoms with van der Waals surface area (Å²) in [6, 6.07) is 0. The fraction of sp³-hybridized carbons (Fsp3) is 0.769. The molecule has 1 aliphatic heterocycles. The molecule has 110 valence electrons. The molecule has 1 aromatic heterocycles. The molecule has 1 aromatic rings. The van der Waals surface area contributed by atoms with Gasteiger partial charge in [-0.3, -0.25) is 4.79 Å². The molecule has 1 N–H and O–H groups in total. The molecule has 2 aliphatic rings. The van der Waals surface area contributed by atoms with E-state index in [1.54, 1.807) is 0 Å². The Bertz CT molecular complexity index is 527. The van der Waals surface area contributed by atoms with E-state index in [2.05, 4.69) is 15.0 Å². The zero-order valence-electron chi connectivity index (χ0n) is 11.9. The summed E-state index contributed by atoms with van der Waals surface area (Å²) in [5.74, 6) is -0.547. The zero-order valence-corrected chi connectivity index (χ0v) is 11.9. The molecular weight excluding hydrogens is 262 g/mol. The minimum atomic E-state index is -0.812. The van der Waals surface area contributed by atoms with Crippen LogP contribution in [0.4, 0.5) is 0 Å². The second-order valence-corrected chi connectivity index (χ2v) is 6.23. The maximum absolute atomic E-state index is 11.2. The molecule has 2 fully saturated rings. The molecule has 1 aliphatic carbocycles. The van der Waals surface area contributed by atoms with Crippen molar-refractivity contribution in [1.82, 2.24) is 15.0 Å². The van der Waals surface area contributed by atoms with Gasteiger partial charge in [-0.05, 0) is 12.5 Å². The third-order valence-electron chi connectivity index (χ3n) is 4.37. The van der Waals surface area contributed by atoms with E-state index in [4.69, 9.17) is 9.26 Å². The number of carboxylic acids is 1. The van der Waals surface area contributed by atoms with Crippen LogP contribution in [0.5, 0.6) is 0 Å². The van der Waals surface area contributed by atoms with Crippen molar-refractivity contribution < 1.29 is 19.2 Å². The number of ether oxygens (including phenoxy) is 1. The van der Waals surface area contributed by atoms with E-state index >= 15 is 0 Å². The van der Waals surface area contributed by atoms with E-state index in [0.717, 1.165) is 13.1 Å². The summed E-state index contributed by atoms with van der Waals surface area (Å²) in [5.41, 5.74) is -0.333. The second kappa shape index (κ2) is 4.53. The van der Waals surface area contributed by atoms with Crippen LogP contribution in [0.25, 0.3) is 0 Å². The third-order valence-corrected chi connectivity index (χ3v) is 4.37. The summed E-state index contributed by atoms with van der Waals surface area (Å²) in [4.78, 5) is 17.7. The molecule has 0 spiro atoms. The van der Waals surface area contributed by atoms with Gasteiger partial charge in [0, 0.05) is 13.1 Å². The molecule has 3 rings (SSSR count). The molecule has 1 saturated heterocycles. The molecule has 20 heavy (non-hydrogen) atoms. The van der Waals surface area contributed by atoms with E-state index in [1.807, 2.05) is 20.9 Å². The molecule has 3 unspecified atom stereocenters. The maximum Gasteiger partial charge on any atom is 0.307 e. The molecule has 3 atom stereocenters. The van der Waals surface area contributed by atoms with Crippen molar-refractivity contribution in [2.45, 2.75) is 25.9 Å². The summed E-state index contributed by atoms with van der Waals surface area (Å²) >= 11 is 0. The van der Waals surface area contributed by atoms with Crippen LogP contribution >= 0.6 is 0 Å². The molecule has 7 nitrogen and oxygen atoms in total. The minimum absolute atomic E-state index is 0.198. The number of rotatable bonds is 3. The van der Waals surface area contributed by atoms with E-state index in [9.17, 15) is 9.90 Å². The standard InChI is InChI=1S/C13H19N3O4/c1-13(2)8(9(13)12(17)18)11-14-10(15-20-11)7-6-16(3)4-5-19-7/h7-9H,4-6H2,1-3H3,(H,17,18). The summed E-state index contributed by atoms with van der Waals surface area (Å²) in [7, 11) is 2.01. The predicted molar refractivity (Wildman–Crippen MR) is 68.1 cm³/mol. The van der Waals surface area contributed by atoms with Crippen LogP contribution in [0, 0.1) is 11.3 Å². The van der Waals surface area contributed by atoms with Crippen LogP contribution in [-0.2, 0) is 9.53 Å². The van der Waals surface area contributed by atoms with E-state index in [0.29, 0.717) is 18.3 Å². The number of likely N-dealkylation sites (N-methyl/N-ethyl adjacent to an activating group) is 1. The number of morpholine rings is 1. The number of carbonyl (C=O) groups is 1.